The minimum atomic E-state index is -0.737. The molecular weight excluding hydrogens is 420 g/mol. The van der Waals surface area contributed by atoms with Gasteiger partial charge in [-0.3, -0.25) is 19.3 Å². The Balaban J connectivity index is 1.38. The second-order valence-corrected chi connectivity index (χ2v) is 9.53. The quantitative estimate of drug-likeness (QED) is 0.675. The number of amides is 3. The standard InChI is InChI=1S/C24H32N6O3/c1-15(16-6-8-17(9-7-16)22(31)27(2)3)30-19-11-21(24(30)33)28(13-19)14-20(26)23(32)29-10-4-5-18(29)12-25/h6-9,15,18-21H,4-5,10-11,13-14,26H2,1-3H3/t15-,18+,19-,20+,21-/m1/s1. The van der Waals surface area contributed by atoms with Crippen LogP contribution >= 0.6 is 0 Å². The van der Waals surface area contributed by atoms with Crippen molar-refractivity contribution in [1.82, 2.24) is 19.6 Å². The molecule has 3 amide bonds. The van der Waals surface area contributed by atoms with Gasteiger partial charge >= 0.3 is 0 Å². The van der Waals surface area contributed by atoms with E-state index in [1.54, 1.807) is 31.1 Å². The lowest BCUT2D eigenvalue weighted by Gasteiger charge is -2.38. The number of nitriles is 1. The molecule has 0 aliphatic carbocycles. The van der Waals surface area contributed by atoms with Gasteiger partial charge in [0.15, 0.2) is 0 Å². The number of likely N-dealkylation sites (tertiary alicyclic amines) is 3. The van der Waals surface area contributed by atoms with Crippen LogP contribution in [0.1, 0.15) is 48.1 Å². The van der Waals surface area contributed by atoms with E-state index < -0.39 is 12.1 Å². The van der Waals surface area contributed by atoms with Gasteiger partial charge in [0.25, 0.3) is 5.91 Å². The number of carbonyl (C=O) groups excluding carboxylic acids is 3. The third-order valence-corrected chi connectivity index (χ3v) is 7.21. The van der Waals surface area contributed by atoms with Crippen LogP contribution in [0.3, 0.4) is 0 Å². The Morgan fingerprint density at radius 3 is 2.58 bits per heavy atom. The second-order valence-electron chi connectivity index (χ2n) is 9.53. The van der Waals surface area contributed by atoms with Gasteiger partial charge < -0.3 is 20.4 Å². The molecule has 0 radical (unpaired) electrons. The number of rotatable bonds is 6. The maximum atomic E-state index is 13.2. The van der Waals surface area contributed by atoms with E-state index in [2.05, 4.69) is 6.07 Å². The zero-order valence-electron chi connectivity index (χ0n) is 19.5. The lowest BCUT2D eigenvalue weighted by atomic mass is 10.0. The lowest BCUT2D eigenvalue weighted by Crippen LogP contribution is -2.56. The van der Waals surface area contributed by atoms with Gasteiger partial charge in [-0.05, 0) is 43.9 Å². The van der Waals surface area contributed by atoms with E-state index >= 15 is 0 Å². The fraction of sp³-hybridized carbons (Fsp3) is 0.583. The van der Waals surface area contributed by atoms with E-state index in [0.717, 1.165) is 18.4 Å². The predicted molar refractivity (Wildman–Crippen MR) is 122 cm³/mol. The van der Waals surface area contributed by atoms with Crippen LogP contribution in [0.5, 0.6) is 0 Å². The highest BCUT2D eigenvalue weighted by Crippen LogP contribution is 2.38. The smallest absolute Gasteiger partial charge is 0.253 e. The summed E-state index contributed by atoms with van der Waals surface area (Å²) in [6.07, 6.45) is 2.24. The van der Waals surface area contributed by atoms with Gasteiger partial charge in [-0.2, -0.15) is 5.26 Å². The molecule has 3 fully saturated rings. The molecule has 3 saturated heterocycles. The highest BCUT2D eigenvalue weighted by atomic mass is 16.2. The minimum absolute atomic E-state index is 0.0537. The van der Waals surface area contributed by atoms with E-state index in [1.165, 1.54) is 4.90 Å². The summed E-state index contributed by atoms with van der Waals surface area (Å²) >= 11 is 0. The zero-order chi connectivity index (χ0) is 23.9. The number of nitrogens with two attached hydrogens (primary N) is 1. The van der Waals surface area contributed by atoms with Crippen molar-refractivity contribution in [2.24, 2.45) is 5.73 Å². The molecular formula is C24H32N6O3. The first-order chi connectivity index (χ1) is 15.7. The SMILES string of the molecule is C[C@H](c1ccc(C(=O)N(C)C)cc1)N1C(=O)[C@H]2C[C@@H]1CN2C[C@H](N)C(=O)N1CCC[C@H]1C#N. The zero-order valence-corrected chi connectivity index (χ0v) is 19.5. The number of carbonyl (C=O) groups is 3. The third kappa shape index (κ3) is 4.21. The summed E-state index contributed by atoms with van der Waals surface area (Å²) in [7, 11) is 3.44. The summed E-state index contributed by atoms with van der Waals surface area (Å²) in [6.45, 7) is 3.58. The predicted octanol–water partition coefficient (Wildman–Crippen LogP) is 0.576. The molecule has 33 heavy (non-hydrogen) atoms. The first kappa shape index (κ1) is 23.2. The fourth-order valence-electron chi connectivity index (χ4n) is 5.43. The Kier molecular flexibility index (Phi) is 6.41. The maximum Gasteiger partial charge on any atom is 0.253 e. The van der Waals surface area contributed by atoms with Gasteiger partial charge in [0.05, 0.1) is 24.2 Å². The van der Waals surface area contributed by atoms with Crippen LogP contribution in [0.2, 0.25) is 0 Å². The number of nitrogens with zero attached hydrogens (tertiary/aromatic N) is 5. The van der Waals surface area contributed by atoms with Crippen molar-refractivity contribution < 1.29 is 14.4 Å². The van der Waals surface area contributed by atoms with Crippen LogP contribution < -0.4 is 5.73 Å². The summed E-state index contributed by atoms with van der Waals surface area (Å²) in [5.74, 6) is -0.197. The normalized spacial score (nSPS) is 26.4. The van der Waals surface area contributed by atoms with E-state index in [9.17, 15) is 19.6 Å². The molecule has 5 atom stereocenters. The Labute approximate surface area is 194 Å². The molecule has 0 spiro atoms. The Morgan fingerprint density at radius 1 is 1.27 bits per heavy atom. The van der Waals surface area contributed by atoms with E-state index in [0.29, 0.717) is 31.6 Å². The summed E-state index contributed by atoms with van der Waals surface area (Å²) < 4.78 is 0. The third-order valence-electron chi connectivity index (χ3n) is 7.21. The summed E-state index contributed by atoms with van der Waals surface area (Å²) in [6, 6.07) is 8.18. The van der Waals surface area contributed by atoms with Crippen LogP contribution in [-0.2, 0) is 9.59 Å². The molecule has 9 nitrogen and oxygen atoms in total. The van der Waals surface area contributed by atoms with Crippen molar-refractivity contribution in [2.45, 2.75) is 56.4 Å². The average molecular weight is 453 g/mol. The van der Waals surface area contributed by atoms with Crippen LogP contribution in [0.4, 0.5) is 0 Å². The first-order valence-corrected chi connectivity index (χ1v) is 11.6. The van der Waals surface area contributed by atoms with Crippen molar-refractivity contribution in [2.75, 3.05) is 33.7 Å². The van der Waals surface area contributed by atoms with Crippen LogP contribution in [0.15, 0.2) is 24.3 Å². The van der Waals surface area contributed by atoms with Crippen LogP contribution in [-0.4, -0.2) is 95.2 Å². The second kappa shape index (κ2) is 9.12. The molecule has 176 valence electrons. The number of piperazine rings is 1. The van der Waals surface area contributed by atoms with Crippen molar-refractivity contribution >= 4 is 17.7 Å². The highest BCUT2D eigenvalue weighted by Gasteiger charge is 2.51. The number of fused-ring (bicyclic) bond motifs is 2. The molecule has 9 heteroatoms. The van der Waals surface area contributed by atoms with Crippen molar-refractivity contribution in [3.63, 3.8) is 0 Å². The highest BCUT2D eigenvalue weighted by molar-refractivity contribution is 5.94. The lowest BCUT2D eigenvalue weighted by molar-refractivity contribution is -0.140. The van der Waals surface area contributed by atoms with Crippen LogP contribution in [0.25, 0.3) is 0 Å². The van der Waals surface area contributed by atoms with Gasteiger partial charge in [-0.25, -0.2) is 0 Å². The maximum absolute atomic E-state index is 13.2. The van der Waals surface area contributed by atoms with Gasteiger partial charge in [-0.1, -0.05) is 12.1 Å². The Hall–Kier alpha value is -2.96. The molecule has 1 aromatic rings. The molecule has 2 N–H and O–H groups in total. The first-order valence-electron chi connectivity index (χ1n) is 11.6. The molecule has 4 rings (SSSR count). The molecule has 3 aliphatic rings. The Bertz CT molecular complexity index is 971. The summed E-state index contributed by atoms with van der Waals surface area (Å²) in [5, 5.41) is 9.25. The average Bonchev–Trinajstić information content (AvgIpc) is 3.52. The summed E-state index contributed by atoms with van der Waals surface area (Å²) in [5.41, 5.74) is 7.82. The van der Waals surface area contributed by atoms with E-state index in [4.69, 9.17) is 5.73 Å². The topological polar surface area (TPSA) is 114 Å². The van der Waals surface area contributed by atoms with E-state index in [1.807, 2.05) is 28.9 Å². The molecule has 2 bridgehead atoms. The van der Waals surface area contributed by atoms with Crippen LogP contribution in [0, 0.1) is 11.3 Å². The number of hydrogen-bond acceptors (Lipinski definition) is 6. The van der Waals surface area contributed by atoms with E-state index in [-0.39, 0.29) is 35.8 Å². The molecule has 3 heterocycles. The van der Waals surface area contributed by atoms with Gasteiger partial charge in [-0.15, -0.1) is 0 Å². The Morgan fingerprint density at radius 2 is 1.97 bits per heavy atom. The monoisotopic (exact) mass is 452 g/mol. The largest absolute Gasteiger partial charge is 0.345 e. The van der Waals surface area contributed by atoms with Gasteiger partial charge in [0, 0.05) is 45.3 Å². The van der Waals surface area contributed by atoms with Crippen molar-refractivity contribution in [3.8, 4) is 6.07 Å². The van der Waals surface area contributed by atoms with Crippen molar-refractivity contribution in [3.05, 3.63) is 35.4 Å². The number of benzene rings is 1. The summed E-state index contributed by atoms with van der Waals surface area (Å²) in [4.78, 5) is 45.2. The molecule has 0 saturated carbocycles. The van der Waals surface area contributed by atoms with Crippen molar-refractivity contribution in [1.29, 1.82) is 5.26 Å². The van der Waals surface area contributed by atoms with Gasteiger partial charge in [0.2, 0.25) is 11.8 Å². The van der Waals surface area contributed by atoms with Gasteiger partial charge in [0.1, 0.15) is 6.04 Å². The molecule has 3 aliphatic heterocycles. The number of hydrogen-bond donors (Lipinski definition) is 1. The molecule has 0 unspecified atom stereocenters. The fourth-order valence-corrected chi connectivity index (χ4v) is 5.43. The molecule has 1 aromatic carbocycles. The minimum Gasteiger partial charge on any atom is -0.345 e. The molecule has 0 aromatic heterocycles.